The lowest BCUT2D eigenvalue weighted by molar-refractivity contribution is -0.132. The molecule has 4 rings (SSSR count). The van der Waals surface area contributed by atoms with E-state index in [9.17, 15) is 15.0 Å². The van der Waals surface area contributed by atoms with Crippen molar-refractivity contribution in [2.24, 2.45) is 17.1 Å². The van der Waals surface area contributed by atoms with Gasteiger partial charge in [0.2, 0.25) is 5.91 Å². The predicted octanol–water partition coefficient (Wildman–Crippen LogP) is 3.81. The highest BCUT2D eigenvalue weighted by Crippen LogP contribution is 2.60. The van der Waals surface area contributed by atoms with E-state index in [1.165, 1.54) is 0 Å². The molecule has 33 heavy (non-hydrogen) atoms. The van der Waals surface area contributed by atoms with Gasteiger partial charge < -0.3 is 26.0 Å². The summed E-state index contributed by atoms with van der Waals surface area (Å²) in [6, 6.07) is 13.3. The largest absolute Gasteiger partial charge is 0.489 e. The molecule has 1 saturated heterocycles. The number of rotatable bonds is 7. The molecule has 1 aliphatic carbocycles. The summed E-state index contributed by atoms with van der Waals surface area (Å²) in [4.78, 5) is 13.1. The van der Waals surface area contributed by atoms with E-state index in [0.717, 1.165) is 17.5 Å². The van der Waals surface area contributed by atoms with E-state index in [-0.39, 0.29) is 42.9 Å². The first-order chi connectivity index (χ1) is 15.8. The Morgan fingerprint density at radius 2 is 1.97 bits per heavy atom. The lowest BCUT2D eigenvalue weighted by Crippen LogP contribution is -2.44. The van der Waals surface area contributed by atoms with Crippen molar-refractivity contribution in [3.05, 3.63) is 63.6 Å². The summed E-state index contributed by atoms with van der Waals surface area (Å²) >= 11 is 12.9. The molecule has 0 aromatic heterocycles. The molecule has 178 valence electrons. The van der Waals surface area contributed by atoms with E-state index in [1.807, 2.05) is 43.3 Å². The van der Waals surface area contributed by atoms with E-state index in [4.69, 9.17) is 33.7 Å². The predicted molar refractivity (Wildman–Crippen MR) is 129 cm³/mol. The van der Waals surface area contributed by atoms with E-state index in [0.29, 0.717) is 28.6 Å². The van der Waals surface area contributed by atoms with E-state index < -0.39 is 11.6 Å². The molecule has 5 N–H and O–H groups in total. The summed E-state index contributed by atoms with van der Waals surface area (Å²) in [7, 11) is 0. The van der Waals surface area contributed by atoms with Crippen molar-refractivity contribution in [3.8, 4) is 5.75 Å². The van der Waals surface area contributed by atoms with Crippen LogP contribution in [0.5, 0.6) is 5.75 Å². The smallest absolute Gasteiger partial charge is 0.226 e. The average molecular weight is 493 g/mol. The maximum atomic E-state index is 13.1. The Hall–Kier alpha value is -1.83. The van der Waals surface area contributed by atoms with Crippen molar-refractivity contribution in [2.75, 3.05) is 13.2 Å². The molecule has 1 heterocycles. The summed E-state index contributed by atoms with van der Waals surface area (Å²) in [5, 5.41) is 23.5. The first kappa shape index (κ1) is 24.3. The molecule has 2 aliphatic rings. The van der Waals surface area contributed by atoms with Gasteiger partial charge in [-0.3, -0.25) is 4.79 Å². The first-order valence-corrected chi connectivity index (χ1v) is 12.1. The fourth-order valence-electron chi connectivity index (χ4n) is 6.01. The Balaban J connectivity index is 1.76. The van der Waals surface area contributed by atoms with Gasteiger partial charge in [0.1, 0.15) is 18.6 Å². The molecule has 1 aliphatic heterocycles. The zero-order valence-electron chi connectivity index (χ0n) is 18.5. The van der Waals surface area contributed by atoms with Crippen LogP contribution in [0.15, 0.2) is 42.5 Å². The Labute approximate surface area is 204 Å². The highest BCUT2D eigenvalue weighted by atomic mass is 35.5. The number of halogens is 2. The number of hydrogen-bond donors (Lipinski definition) is 4. The quantitative estimate of drug-likeness (QED) is 0.439. The van der Waals surface area contributed by atoms with Crippen LogP contribution in [0, 0.1) is 11.3 Å². The molecule has 8 heteroatoms. The van der Waals surface area contributed by atoms with Gasteiger partial charge >= 0.3 is 0 Å². The maximum Gasteiger partial charge on any atom is 0.226 e. The number of aliphatic hydroxyl groups is 2. The van der Waals surface area contributed by atoms with Gasteiger partial charge in [-0.1, -0.05) is 41.4 Å². The summed E-state index contributed by atoms with van der Waals surface area (Å²) in [5.74, 6) is 0.636. The monoisotopic (exact) mass is 492 g/mol. The van der Waals surface area contributed by atoms with Gasteiger partial charge in [0.15, 0.2) is 0 Å². The molecule has 1 unspecified atom stereocenters. The number of amides is 1. The Bertz CT molecular complexity index is 1000. The number of carbonyl (C=O) groups is 1. The Morgan fingerprint density at radius 1 is 1.24 bits per heavy atom. The normalized spacial score (nSPS) is 29.9. The number of carbonyl (C=O) groups excluding carboxylic acids is 1. The van der Waals surface area contributed by atoms with Crippen LogP contribution in [-0.2, 0) is 4.79 Å². The van der Waals surface area contributed by atoms with Crippen LogP contribution in [0.3, 0.4) is 0 Å². The van der Waals surface area contributed by atoms with Crippen LogP contribution in [0.4, 0.5) is 0 Å². The summed E-state index contributed by atoms with van der Waals surface area (Å²) in [6.45, 7) is 1.99. The van der Waals surface area contributed by atoms with Crippen molar-refractivity contribution >= 4 is 29.1 Å². The Kier molecular flexibility index (Phi) is 7.22. The third-order valence-corrected chi connectivity index (χ3v) is 7.89. The highest BCUT2D eigenvalue weighted by Gasteiger charge is 2.59. The summed E-state index contributed by atoms with van der Waals surface area (Å²) in [6.07, 6.45) is 0.805. The summed E-state index contributed by atoms with van der Waals surface area (Å²) < 4.78 is 5.51. The van der Waals surface area contributed by atoms with Gasteiger partial charge in [-0.05, 0) is 73.4 Å². The van der Waals surface area contributed by atoms with Gasteiger partial charge in [-0.15, -0.1) is 0 Å². The van der Waals surface area contributed by atoms with Crippen LogP contribution in [0.2, 0.25) is 10.0 Å². The molecule has 0 spiro atoms. The fourth-order valence-corrected chi connectivity index (χ4v) is 6.44. The molecule has 0 radical (unpaired) electrons. The van der Waals surface area contributed by atoms with Crippen molar-refractivity contribution in [1.29, 1.82) is 0 Å². The molecule has 1 saturated carbocycles. The lowest BCUT2D eigenvalue weighted by atomic mass is 9.54. The zero-order chi connectivity index (χ0) is 23.8. The minimum Gasteiger partial charge on any atom is -0.489 e. The summed E-state index contributed by atoms with van der Waals surface area (Å²) in [5.41, 5.74) is 6.84. The molecular formula is C25H30Cl2N2O4. The lowest BCUT2D eigenvalue weighted by Gasteiger charge is -2.47. The Morgan fingerprint density at radius 3 is 2.61 bits per heavy atom. The van der Waals surface area contributed by atoms with Crippen LogP contribution < -0.4 is 15.8 Å². The van der Waals surface area contributed by atoms with E-state index in [2.05, 4.69) is 5.32 Å². The van der Waals surface area contributed by atoms with Crippen LogP contribution in [-0.4, -0.2) is 41.6 Å². The van der Waals surface area contributed by atoms with E-state index in [1.54, 1.807) is 6.07 Å². The third kappa shape index (κ3) is 4.60. The molecular weight excluding hydrogens is 463 g/mol. The van der Waals surface area contributed by atoms with Gasteiger partial charge in [0.05, 0.1) is 5.41 Å². The highest BCUT2D eigenvalue weighted by molar-refractivity contribution is 6.31. The van der Waals surface area contributed by atoms with Gasteiger partial charge in [0, 0.05) is 28.6 Å². The molecule has 1 amide bonds. The van der Waals surface area contributed by atoms with Crippen molar-refractivity contribution in [1.82, 2.24) is 5.32 Å². The van der Waals surface area contributed by atoms with Crippen molar-refractivity contribution in [3.63, 3.8) is 0 Å². The molecule has 2 aromatic carbocycles. The second kappa shape index (κ2) is 9.80. The zero-order valence-corrected chi connectivity index (χ0v) is 20.0. The number of hydrogen-bond acceptors (Lipinski definition) is 5. The van der Waals surface area contributed by atoms with Crippen LogP contribution in [0.25, 0.3) is 0 Å². The molecule has 2 fully saturated rings. The van der Waals surface area contributed by atoms with Gasteiger partial charge in [0.25, 0.3) is 0 Å². The number of nitrogens with one attached hydrogen (secondary N) is 1. The number of aliphatic hydroxyl groups excluding tert-OH is 2. The standard InChI is InChI=1S/C25H30Cl2N2O4/c1-14-23-22(15-2-4-16(26)5-3-15)19(8-9-25(23,10-11-30)24(32)29-14)18-7-6-17(12-20(18)27)33-13-21(28)31/h2-7,12,14,19,21-23,30-31H,8-11,13,28H2,1H3,(H,29,32)/t14-,19+,21?,22+,23+,25+/m1/s1. The fraction of sp³-hybridized carbons (Fsp3) is 0.480. The molecule has 6 nitrogen and oxygen atoms in total. The third-order valence-electron chi connectivity index (χ3n) is 7.31. The SMILES string of the molecule is C[C@H]1NC(=O)[C@]2(CCO)CC[C@@H](c3ccc(OCC(N)O)cc3Cl)[C@H](c3ccc(Cl)cc3)[C@H]12. The van der Waals surface area contributed by atoms with Crippen LogP contribution in [0.1, 0.15) is 49.1 Å². The number of fused-ring (bicyclic) bond motifs is 1. The minimum atomic E-state index is -1.07. The number of benzene rings is 2. The first-order valence-electron chi connectivity index (χ1n) is 11.3. The molecule has 6 atom stereocenters. The van der Waals surface area contributed by atoms with Gasteiger partial charge in [-0.25, -0.2) is 0 Å². The number of nitrogens with two attached hydrogens (primary N) is 1. The molecule has 2 aromatic rings. The second-order valence-electron chi connectivity index (χ2n) is 9.20. The van der Waals surface area contributed by atoms with Crippen LogP contribution >= 0.6 is 23.2 Å². The van der Waals surface area contributed by atoms with E-state index >= 15 is 0 Å². The minimum absolute atomic E-state index is 0.00328. The number of ether oxygens (including phenoxy) is 1. The second-order valence-corrected chi connectivity index (χ2v) is 10.0. The van der Waals surface area contributed by atoms with Gasteiger partial charge in [-0.2, -0.15) is 0 Å². The maximum absolute atomic E-state index is 13.1. The molecule has 0 bridgehead atoms. The average Bonchev–Trinajstić information content (AvgIpc) is 3.02. The van der Waals surface area contributed by atoms with Crippen molar-refractivity contribution in [2.45, 2.75) is 50.3 Å². The topological polar surface area (TPSA) is 105 Å². The van der Waals surface area contributed by atoms with Crippen molar-refractivity contribution < 1.29 is 19.7 Å².